The van der Waals surface area contributed by atoms with Gasteiger partial charge < -0.3 is 14.6 Å². The van der Waals surface area contributed by atoms with Crippen molar-refractivity contribution in [2.24, 2.45) is 11.8 Å². The lowest BCUT2D eigenvalue weighted by atomic mass is 9.88. The highest BCUT2D eigenvalue weighted by atomic mass is 16.7. The van der Waals surface area contributed by atoms with Crippen LogP contribution in [0, 0.1) is 11.8 Å². The predicted molar refractivity (Wildman–Crippen MR) is 116 cm³/mol. The van der Waals surface area contributed by atoms with Crippen LogP contribution in [0.3, 0.4) is 0 Å². The first-order chi connectivity index (χ1) is 14.6. The molecule has 1 aromatic carbocycles. The van der Waals surface area contributed by atoms with E-state index in [1.807, 2.05) is 18.2 Å². The van der Waals surface area contributed by atoms with Gasteiger partial charge in [0.2, 0.25) is 0 Å². The Labute approximate surface area is 179 Å². The number of unbranched alkanes of at least 4 members (excludes halogenated alkanes) is 3. The first-order valence-corrected chi connectivity index (χ1v) is 11.4. The molecule has 1 aliphatic heterocycles. The molecular weight excluding hydrogens is 380 g/mol. The van der Waals surface area contributed by atoms with Gasteiger partial charge in [-0.1, -0.05) is 61.7 Å². The molecule has 164 valence electrons. The van der Waals surface area contributed by atoms with E-state index in [0.29, 0.717) is 12.8 Å². The number of hydrogen-bond donors (Lipinski definition) is 1. The molecule has 0 bridgehead atoms. The lowest BCUT2D eigenvalue weighted by molar-refractivity contribution is -0.192. The van der Waals surface area contributed by atoms with Crippen molar-refractivity contribution in [3.63, 3.8) is 0 Å². The molecule has 0 spiro atoms. The number of ketones is 1. The molecule has 4 atom stereocenters. The molecule has 1 N–H and O–H groups in total. The summed E-state index contributed by atoms with van der Waals surface area (Å²) in [6.07, 6.45) is 12.0. The number of carbonyl (C=O) groups excluding carboxylic acids is 1. The Hall–Kier alpha value is -1.98. The van der Waals surface area contributed by atoms with E-state index in [0.717, 1.165) is 57.1 Å². The van der Waals surface area contributed by atoms with E-state index in [1.54, 1.807) is 0 Å². The van der Waals surface area contributed by atoms with E-state index >= 15 is 0 Å². The Morgan fingerprint density at radius 3 is 2.67 bits per heavy atom. The maximum absolute atomic E-state index is 12.8. The summed E-state index contributed by atoms with van der Waals surface area (Å²) in [6.45, 7) is 0.732. The Morgan fingerprint density at radius 2 is 1.93 bits per heavy atom. The smallest absolute Gasteiger partial charge is 0.303 e. The lowest BCUT2D eigenvalue weighted by Gasteiger charge is -2.28. The number of aliphatic carboxylic acids is 1. The van der Waals surface area contributed by atoms with Crippen molar-refractivity contribution in [3.8, 4) is 0 Å². The van der Waals surface area contributed by atoms with Crippen LogP contribution in [-0.4, -0.2) is 35.9 Å². The van der Waals surface area contributed by atoms with E-state index in [4.69, 9.17) is 14.6 Å². The standard InChI is InChI=1S/C25H34O5/c26-22-18-23(30-25-14-8-9-17-29-25)21(16-15-19-10-4-3-5-11-19)20(22)12-6-1-2-7-13-24(27)28/h3-5,10-11,15-16,20-21,23,25H,1-2,6-9,12-14,17-18H2,(H,27,28). The molecule has 5 heteroatoms. The third-order valence-corrected chi connectivity index (χ3v) is 6.14. The van der Waals surface area contributed by atoms with Gasteiger partial charge >= 0.3 is 5.97 Å². The SMILES string of the molecule is O=C(O)CCCCCCC1C(=O)CC(OC2CCCCO2)C1C=Cc1ccccc1. The summed E-state index contributed by atoms with van der Waals surface area (Å²) in [4.78, 5) is 23.5. The van der Waals surface area contributed by atoms with Gasteiger partial charge in [0.15, 0.2) is 6.29 Å². The van der Waals surface area contributed by atoms with Gasteiger partial charge in [-0.15, -0.1) is 0 Å². The summed E-state index contributed by atoms with van der Waals surface area (Å²) in [5.74, 6) is -0.429. The van der Waals surface area contributed by atoms with Crippen molar-refractivity contribution in [2.75, 3.05) is 6.61 Å². The maximum Gasteiger partial charge on any atom is 0.303 e. The number of ether oxygens (including phenoxy) is 2. The second-order valence-corrected chi connectivity index (χ2v) is 8.44. The van der Waals surface area contributed by atoms with Crippen LogP contribution in [0.15, 0.2) is 36.4 Å². The zero-order chi connectivity index (χ0) is 21.2. The van der Waals surface area contributed by atoms with Crippen LogP contribution in [0.1, 0.15) is 69.8 Å². The van der Waals surface area contributed by atoms with E-state index in [9.17, 15) is 9.59 Å². The van der Waals surface area contributed by atoms with Gasteiger partial charge in [0, 0.05) is 31.3 Å². The number of benzene rings is 1. The molecule has 1 aliphatic carbocycles. The van der Waals surface area contributed by atoms with Crippen molar-refractivity contribution in [1.82, 2.24) is 0 Å². The van der Waals surface area contributed by atoms with Gasteiger partial charge in [-0.3, -0.25) is 9.59 Å². The van der Waals surface area contributed by atoms with Crippen LogP contribution in [-0.2, 0) is 19.1 Å². The molecule has 3 rings (SSSR count). The molecular formula is C25H34O5. The van der Waals surface area contributed by atoms with E-state index in [1.165, 1.54) is 0 Å². The van der Waals surface area contributed by atoms with Gasteiger partial charge in [-0.2, -0.15) is 0 Å². The summed E-state index contributed by atoms with van der Waals surface area (Å²) >= 11 is 0. The van der Waals surface area contributed by atoms with E-state index < -0.39 is 5.97 Å². The third-order valence-electron chi connectivity index (χ3n) is 6.14. The molecule has 2 aliphatic rings. The number of rotatable bonds is 11. The fourth-order valence-electron chi connectivity index (χ4n) is 4.50. The fourth-order valence-corrected chi connectivity index (χ4v) is 4.50. The van der Waals surface area contributed by atoms with Crippen molar-refractivity contribution in [1.29, 1.82) is 0 Å². The zero-order valence-electron chi connectivity index (χ0n) is 17.7. The van der Waals surface area contributed by atoms with Crippen LogP contribution in [0.25, 0.3) is 6.08 Å². The Balaban J connectivity index is 1.60. The highest BCUT2D eigenvalue weighted by Crippen LogP contribution is 2.38. The monoisotopic (exact) mass is 414 g/mol. The van der Waals surface area contributed by atoms with Crippen LogP contribution >= 0.6 is 0 Å². The fraction of sp³-hybridized carbons (Fsp3) is 0.600. The largest absolute Gasteiger partial charge is 0.481 e. The van der Waals surface area contributed by atoms with E-state index in [-0.39, 0.29) is 36.4 Å². The van der Waals surface area contributed by atoms with Crippen LogP contribution in [0.4, 0.5) is 0 Å². The Bertz CT molecular complexity index is 693. The van der Waals surface area contributed by atoms with Gasteiger partial charge in [0.1, 0.15) is 5.78 Å². The molecule has 30 heavy (non-hydrogen) atoms. The van der Waals surface area contributed by atoms with Crippen molar-refractivity contribution in [3.05, 3.63) is 42.0 Å². The zero-order valence-corrected chi connectivity index (χ0v) is 17.7. The van der Waals surface area contributed by atoms with Gasteiger partial charge in [0.05, 0.1) is 6.10 Å². The predicted octanol–water partition coefficient (Wildman–Crippen LogP) is 5.24. The summed E-state index contributed by atoms with van der Waals surface area (Å²) in [6, 6.07) is 10.1. The summed E-state index contributed by atoms with van der Waals surface area (Å²) in [5, 5.41) is 8.75. The molecule has 4 unspecified atom stereocenters. The molecule has 5 nitrogen and oxygen atoms in total. The first-order valence-electron chi connectivity index (χ1n) is 11.4. The van der Waals surface area contributed by atoms with Crippen molar-refractivity contribution >= 4 is 17.8 Å². The van der Waals surface area contributed by atoms with Gasteiger partial charge in [0.25, 0.3) is 0 Å². The number of carboxylic acid groups (broad SMARTS) is 1. The maximum atomic E-state index is 12.8. The highest BCUT2D eigenvalue weighted by Gasteiger charge is 2.42. The second-order valence-electron chi connectivity index (χ2n) is 8.44. The second kappa shape index (κ2) is 12.0. The minimum absolute atomic E-state index is 0.0296. The lowest BCUT2D eigenvalue weighted by Crippen LogP contribution is -2.30. The molecule has 0 radical (unpaired) electrons. The summed E-state index contributed by atoms with van der Waals surface area (Å²) < 4.78 is 12.0. The molecule has 1 aromatic rings. The molecule has 1 saturated carbocycles. The third kappa shape index (κ3) is 7.06. The summed E-state index contributed by atoms with van der Waals surface area (Å²) in [5.41, 5.74) is 1.12. The minimum atomic E-state index is -0.739. The van der Waals surface area contributed by atoms with Crippen LogP contribution in [0.5, 0.6) is 0 Å². The minimum Gasteiger partial charge on any atom is -0.481 e. The van der Waals surface area contributed by atoms with E-state index in [2.05, 4.69) is 24.3 Å². The molecule has 1 saturated heterocycles. The van der Waals surface area contributed by atoms with Crippen LogP contribution < -0.4 is 0 Å². The number of hydrogen-bond acceptors (Lipinski definition) is 4. The molecule has 0 amide bonds. The van der Waals surface area contributed by atoms with Crippen molar-refractivity contribution < 1.29 is 24.2 Å². The van der Waals surface area contributed by atoms with Gasteiger partial charge in [-0.25, -0.2) is 0 Å². The first kappa shape index (κ1) is 22.7. The number of Topliss-reactive ketones (excluding diaryl/α,β-unsaturated/α-hetero) is 1. The normalized spacial score (nSPS) is 27.0. The highest BCUT2D eigenvalue weighted by molar-refractivity contribution is 5.85. The van der Waals surface area contributed by atoms with Gasteiger partial charge in [-0.05, 0) is 37.7 Å². The van der Waals surface area contributed by atoms with Crippen LogP contribution in [0.2, 0.25) is 0 Å². The Kier molecular flexibility index (Phi) is 9.09. The molecule has 2 fully saturated rings. The average Bonchev–Trinajstić information content (AvgIpc) is 3.04. The quantitative estimate of drug-likeness (QED) is 0.501. The number of carbonyl (C=O) groups is 2. The summed E-state index contributed by atoms with van der Waals surface area (Å²) in [7, 11) is 0. The number of carboxylic acids is 1. The molecule has 1 heterocycles. The average molecular weight is 415 g/mol. The molecule has 0 aromatic heterocycles. The Morgan fingerprint density at radius 1 is 1.13 bits per heavy atom. The topological polar surface area (TPSA) is 72.8 Å². The van der Waals surface area contributed by atoms with Crippen molar-refractivity contribution in [2.45, 2.75) is 76.6 Å².